The Hall–Kier alpha value is -5.98. The first-order valence-corrected chi connectivity index (χ1v) is 13.4. The summed E-state index contributed by atoms with van der Waals surface area (Å²) in [6.45, 7) is 0. The number of aromatic nitrogens is 6. The van der Waals surface area contributed by atoms with E-state index in [9.17, 15) is 14.7 Å². The van der Waals surface area contributed by atoms with Crippen molar-refractivity contribution in [3.8, 4) is 28.6 Å². The van der Waals surface area contributed by atoms with Crippen LogP contribution in [0.5, 0.6) is 5.75 Å². The molecule has 1 aliphatic rings. The van der Waals surface area contributed by atoms with Gasteiger partial charge in [0.2, 0.25) is 0 Å². The predicted molar refractivity (Wildman–Crippen MR) is 156 cm³/mol. The van der Waals surface area contributed by atoms with E-state index in [-0.39, 0.29) is 28.3 Å². The number of nitrogens with one attached hydrogen (secondary N) is 1. The van der Waals surface area contributed by atoms with Crippen LogP contribution in [0.1, 0.15) is 37.9 Å². The molecule has 7 rings (SSSR count). The van der Waals surface area contributed by atoms with Gasteiger partial charge in [0, 0.05) is 36.3 Å². The van der Waals surface area contributed by atoms with Crippen LogP contribution in [0, 0.1) is 0 Å². The number of anilines is 1. The molecule has 4 N–H and O–H groups in total. The summed E-state index contributed by atoms with van der Waals surface area (Å²) in [6.07, 6.45) is 4.69. The normalized spacial score (nSPS) is 15.3. The van der Waals surface area contributed by atoms with Gasteiger partial charge in [-0.15, -0.1) is 0 Å². The number of carbonyl (C=O) groups excluding carboxylic acids is 2. The van der Waals surface area contributed by atoms with Crippen molar-refractivity contribution in [1.29, 1.82) is 0 Å². The Kier molecular flexibility index (Phi) is 6.16. The first-order valence-electron chi connectivity index (χ1n) is 13.4. The lowest BCUT2D eigenvalue weighted by atomic mass is 10.0. The molecule has 0 radical (unpaired) electrons. The number of pyridine rings is 2. The molecule has 0 saturated heterocycles. The molecule has 44 heavy (non-hydrogen) atoms. The fourth-order valence-corrected chi connectivity index (χ4v) is 5.45. The lowest BCUT2D eigenvalue weighted by Crippen LogP contribution is -2.38. The molecule has 1 amide bonds. The third kappa shape index (κ3) is 4.42. The van der Waals surface area contributed by atoms with Gasteiger partial charge in [-0.05, 0) is 71.8 Å². The minimum absolute atomic E-state index is 0.0339. The standard InChI is InChI=1S/C31H22F2N8O3/c32-31(33)15-18-14-20(5-6-21(18)26(31)39-30(44)17-4-8-24(43)19(13-17)16-42)41-28(22-3-1-10-35-27(22)34)37-23-7-9-25(38-29(23)41)40-12-2-11-36-40/h1-14,16,26,43H,15H2,(H2,34,35)(H,39,44). The van der Waals surface area contributed by atoms with E-state index in [2.05, 4.69) is 15.4 Å². The smallest absolute Gasteiger partial charge is 0.276 e. The number of amides is 1. The van der Waals surface area contributed by atoms with E-state index in [1.165, 1.54) is 12.1 Å². The zero-order valence-corrected chi connectivity index (χ0v) is 22.7. The van der Waals surface area contributed by atoms with Crippen molar-refractivity contribution in [3.63, 3.8) is 0 Å². The summed E-state index contributed by atoms with van der Waals surface area (Å²) in [5, 5.41) is 16.4. The zero-order chi connectivity index (χ0) is 30.6. The summed E-state index contributed by atoms with van der Waals surface area (Å²) >= 11 is 0. The maximum Gasteiger partial charge on any atom is 0.276 e. The van der Waals surface area contributed by atoms with E-state index in [1.54, 1.807) is 76.4 Å². The SMILES string of the molecule is Nc1ncccc1-c1nc2ccc(-n3cccn3)nc2n1-c1ccc2c(c1)CC(F)(F)C2NC(=O)c1ccc(O)c(C=O)c1. The maximum atomic E-state index is 15.4. The third-order valence-corrected chi connectivity index (χ3v) is 7.54. The van der Waals surface area contributed by atoms with Crippen LogP contribution >= 0.6 is 0 Å². The molecule has 1 aliphatic carbocycles. The number of phenols is 1. The molecule has 0 aliphatic heterocycles. The summed E-state index contributed by atoms with van der Waals surface area (Å²) in [7, 11) is 0. The highest BCUT2D eigenvalue weighted by Gasteiger charge is 2.48. The number of alkyl halides is 2. The quantitative estimate of drug-likeness (QED) is 0.240. The Labute approximate surface area is 247 Å². The number of nitrogens with zero attached hydrogens (tertiary/aromatic N) is 6. The maximum absolute atomic E-state index is 15.4. The van der Waals surface area contributed by atoms with E-state index >= 15 is 8.78 Å². The molecule has 218 valence electrons. The van der Waals surface area contributed by atoms with Crippen LogP contribution in [0.3, 0.4) is 0 Å². The highest BCUT2D eigenvalue weighted by atomic mass is 19.3. The van der Waals surface area contributed by atoms with E-state index in [0.29, 0.717) is 45.9 Å². The van der Waals surface area contributed by atoms with Gasteiger partial charge in [-0.2, -0.15) is 5.10 Å². The molecule has 0 fully saturated rings. The Bertz CT molecular complexity index is 2090. The molecule has 11 nitrogen and oxygen atoms in total. The molecule has 1 unspecified atom stereocenters. The number of imidazole rings is 1. The summed E-state index contributed by atoms with van der Waals surface area (Å²) in [5.74, 6) is -3.24. The number of nitrogen functional groups attached to an aromatic ring is 1. The Morgan fingerprint density at radius 1 is 1.07 bits per heavy atom. The minimum atomic E-state index is -3.31. The number of halogens is 2. The second-order valence-electron chi connectivity index (χ2n) is 10.3. The molecule has 4 heterocycles. The Balaban J connectivity index is 1.33. The molecule has 0 spiro atoms. The molecule has 4 aromatic heterocycles. The monoisotopic (exact) mass is 592 g/mol. The van der Waals surface area contributed by atoms with Crippen LogP contribution in [0.25, 0.3) is 34.1 Å². The largest absolute Gasteiger partial charge is 0.507 e. The van der Waals surface area contributed by atoms with Gasteiger partial charge in [-0.3, -0.25) is 14.2 Å². The first kappa shape index (κ1) is 26.9. The number of hydrogen-bond acceptors (Lipinski definition) is 8. The van der Waals surface area contributed by atoms with Crippen LogP contribution < -0.4 is 11.1 Å². The predicted octanol–water partition coefficient (Wildman–Crippen LogP) is 4.43. The van der Waals surface area contributed by atoms with Gasteiger partial charge in [-0.25, -0.2) is 28.4 Å². The van der Waals surface area contributed by atoms with Crippen molar-refractivity contribution in [2.75, 3.05) is 5.73 Å². The number of aromatic hydroxyl groups is 1. The summed E-state index contributed by atoms with van der Waals surface area (Å²) in [4.78, 5) is 37.9. The molecule has 0 saturated carbocycles. The average Bonchev–Trinajstić information content (AvgIpc) is 3.73. The topological polar surface area (TPSA) is 154 Å². The van der Waals surface area contributed by atoms with Gasteiger partial charge >= 0.3 is 0 Å². The average molecular weight is 593 g/mol. The molecule has 13 heteroatoms. The lowest BCUT2D eigenvalue weighted by Gasteiger charge is -2.21. The fourth-order valence-electron chi connectivity index (χ4n) is 5.45. The van der Waals surface area contributed by atoms with Gasteiger partial charge in [0.05, 0.1) is 11.1 Å². The summed E-state index contributed by atoms with van der Waals surface area (Å²) in [6, 6.07) is 15.6. The molecular formula is C31H22F2N8O3. The van der Waals surface area contributed by atoms with Crippen molar-refractivity contribution >= 4 is 29.2 Å². The number of rotatable bonds is 6. The van der Waals surface area contributed by atoms with Gasteiger partial charge in [0.25, 0.3) is 11.8 Å². The number of carbonyl (C=O) groups is 2. The molecule has 1 atom stereocenters. The Morgan fingerprint density at radius 3 is 2.70 bits per heavy atom. The summed E-state index contributed by atoms with van der Waals surface area (Å²) < 4.78 is 34.2. The van der Waals surface area contributed by atoms with E-state index in [0.717, 1.165) is 6.07 Å². The number of aldehydes is 1. The highest BCUT2D eigenvalue weighted by molar-refractivity contribution is 5.97. The first-order chi connectivity index (χ1) is 21.2. The molecular weight excluding hydrogens is 570 g/mol. The van der Waals surface area contributed by atoms with Gasteiger partial charge in [-0.1, -0.05) is 6.07 Å². The summed E-state index contributed by atoms with van der Waals surface area (Å²) in [5.41, 5.74) is 8.67. The number of fused-ring (bicyclic) bond motifs is 2. The molecule has 6 aromatic rings. The van der Waals surface area contributed by atoms with Gasteiger partial charge in [0.1, 0.15) is 23.1 Å². The Morgan fingerprint density at radius 2 is 1.93 bits per heavy atom. The zero-order valence-electron chi connectivity index (χ0n) is 22.7. The molecule has 2 aromatic carbocycles. The van der Waals surface area contributed by atoms with Gasteiger partial charge < -0.3 is 16.2 Å². The number of phenolic OH excluding ortho intramolecular Hbond substituents is 1. The second kappa shape index (κ2) is 10.1. The number of nitrogens with two attached hydrogens (primary N) is 1. The third-order valence-electron chi connectivity index (χ3n) is 7.54. The van der Waals surface area contributed by atoms with Crippen LogP contribution in [0.2, 0.25) is 0 Å². The van der Waals surface area contributed by atoms with Crippen molar-refractivity contribution in [2.24, 2.45) is 0 Å². The number of benzene rings is 2. The van der Waals surface area contributed by atoms with Crippen molar-refractivity contribution < 1.29 is 23.5 Å². The van der Waals surface area contributed by atoms with E-state index in [4.69, 9.17) is 15.7 Å². The molecule has 0 bridgehead atoms. The van der Waals surface area contributed by atoms with Gasteiger partial charge in [0.15, 0.2) is 23.6 Å². The fraction of sp³-hybridized carbons (Fsp3) is 0.0968. The second-order valence-corrected chi connectivity index (χ2v) is 10.3. The van der Waals surface area contributed by atoms with Crippen molar-refractivity contribution in [2.45, 2.75) is 18.4 Å². The lowest BCUT2D eigenvalue weighted by molar-refractivity contribution is -0.0240. The highest BCUT2D eigenvalue weighted by Crippen LogP contribution is 2.44. The van der Waals surface area contributed by atoms with Crippen LogP contribution in [-0.4, -0.2) is 52.5 Å². The van der Waals surface area contributed by atoms with E-state index < -0.39 is 24.3 Å². The van der Waals surface area contributed by atoms with Crippen LogP contribution in [0.4, 0.5) is 14.6 Å². The van der Waals surface area contributed by atoms with Crippen LogP contribution in [0.15, 0.2) is 85.3 Å². The van der Waals surface area contributed by atoms with Crippen molar-refractivity contribution in [1.82, 2.24) is 34.6 Å². The number of hydrogen-bond donors (Lipinski definition) is 3. The minimum Gasteiger partial charge on any atom is -0.507 e. The van der Waals surface area contributed by atoms with Crippen LogP contribution in [-0.2, 0) is 6.42 Å². The van der Waals surface area contributed by atoms with E-state index in [1.807, 2.05) is 0 Å². The van der Waals surface area contributed by atoms with Crippen molar-refractivity contribution in [3.05, 3.63) is 108 Å².